The van der Waals surface area contributed by atoms with Crippen molar-refractivity contribution in [3.05, 3.63) is 11.6 Å². The first-order valence-electron chi connectivity index (χ1n) is 5.13. The quantitative estimate of drug-likeness (QED) is 0.430. The summed E-state index contributed by atoms with van der Waals surface area (Å²) in [6.07, 6.45) is 7.35. The van der Waals surface area contributed by atoms with Crippen molar-refractivity contribution in [1.82, 2.24) is 5.32 Å². The van der Waals surface area contributed by atoms with Crippen LogP contribution in [0.5, 0.6) is 0 Å². The molecule has 0 heterocycles. The van der Waals surface area contributed by atoms with Gasteiger partial charge in [0.25, 0.3) is 0 Å². The summed E-state index contributed by atoms with van der Waals surface area (Å²) in [4.78, 5) is 0. The van der Waals surface area contributed by atoms with Gasteiger partial charge in [0.05, 0.1) is 0 Å². The predicted molar refractivity (Wildman–Crippen MR) is 69.6 cm³/mol. The fourth-order valence-electron chi connectivity index (χ4n) is 1.24. The van der Waals surface area contributed by atoms with E-state index in [1.54, 1.807) is 0 Å². The first-order chi connectivity index (χ1) is 6.24. The molecule has 0 fully saturated rings. The second-order valence-corrected chi connectivity index (χ2v) is 4.52. The number of hydrogen-bond donors (Lipinski definition) is 1. The molecular formula is C11H22IN. The molecule has 0 saturated heterocycles. The Bertz CT molecular complexity index is 143. The van der Waals surface area contributed by atoms with Crippen LogP contribution in [0.25, 0.3) is 0 Å². The normalized spacial score (nSPS) is 14.6. The second-order valence-electron chi connectivity index (χ2n) is 3.44. The van der Waals surface area contributed by atoms with Crippen molar-refractivity contribution in [2.45, 2.75) is 45.6 Å². The number of allylic oxidation sites excluding steroid dienone is 2. The van der Waals surface area contributed by atoms with Gasteiger partial charge in [-0.15, -0.1) is 0 Å². The highest BCUT2D eigenvalue weighted by atomic mass is 127. The van der Waals surface area contributed by atoms with E-state index in [0.29, 0.717) is 6.04 Å². The van der Waals surface area contributed by atoms with Gasteiger partial charge in [0.2, 0.25) is 0 Å². The molecule has 0 aliphatic carbocycles. The topological polar surface area (TPSA) is 12.0 Å². The molecule has 1 atom stereocenters. The minimum Gasteiger partial charge on any atom is -0.317 e. The molecule has 0 spiro atoms. The summed E-state index contributed by atoms with van der Waals surface area (Å²) >= 11 is 2.44. The van der Waals surface area contributed by atoms with Gasteiger partial charge in [0.15, 0.2) is 0 Å². The maximum absolute atomic E-state index is 3.36. The molecule has 0 aromatic heterocycles. The molecule has 0 bridgehead atoms. The van der Waals surface area contributed by atoms with Crippen LogP contribution in [0.1, 0.15) is 39.5 Å². The highest BCUT2D eigenvalue weighted by Crippen LogP contribution is 2.07. The Morgan fingerprint density at radius 1 is 1.46 bits per heavy atom. The number of rotatable bonds is 7. The second kappa shape index (κ2) is 9.00. The Kier molecular flexibility index (Phi) is 9.30. The van der Waals surface area contributed by atoms with Crippen LogP contribution >= 0.6 is 22.6 Å². The average Bonchev–Trinajstić information content (AvgIpc) is 2.16. The van der Waals surface area contributed by atoms with Crippen LogP contribution in [0.2, 0.25) is 0 Å². The number of nitrogens with one attached hydrogen (secondary N) is 1. The predicted octanol–water partition coefficient (Wildman–Crippen LogP) is 3.54. The maximum atomic E-state index is 3.36. The fraction of sp³-hybridized carbons (Fsp3) is 0.818. The summed E-state index contributed by atoms with van der Waals surface area (Å²) in [6, 6.07) is 0.706. The Morgan fingerprint density at radius 2 is 2.15 bits per heavy atom. The highest BCUT2D eigenvalue weighted by Gasteiger charge is 2.02. The summed E-state index contributed by atoms with van der Waals surface area (Å²) in [5.74, 6) is 0. The van der Waals surface area contributed by atoms with Gasteiger partial charge >= 0.3 is 0 Å². The number of alkyl halides is 1. The molecule has 0 aliphatic heterocycles. The fourth-order valence-corrected chi connectivity index (χ4v) is 1.99. The molecule has 0 amide bonds. The van der Waals surface area contributed by atoms with Crippen LogP contribution in [0.4, 0.5) is 0 Å². The highest BCUT2D eigenvalue weighted by molar-refractivity contribution is 14.1. The Morgan fingerprint density at radius 3 is 2.62 bits per heavy atom. The van der Waals surface area contributed by atoms with E-state index in [-0.39, 0.29) is 0 Å². The molecule has 0 radical (unpaired) electrons. The zero-order valence-electron chi connectivity index (χ0n) is 9.07. The van der Waals surface area contributed by atoms with E-state index in [2.05, 4.69) is 54.9 Å². The van der Waals surface area contributed by atoms with Crippen LogP contribution in [0, 0.1) is 0 Å². The SMILES string of the molecule is CC/C(C)=C\CCC(CCI)NC. The van der Waals surface area contributed by atoms with Gasteiger partial charge in [-0.1, -0.05) is 41.2 Å². The van der Waals surface area contributed by atoms with Crippen molar-refractivity contribution in [3.8, 4) is 0 Å². The molecule has 1 N–H and O–H groups in total. The van der Waals surface area contributed by atoms with E-state index in [9.17, 15) is 0 Å². The molecule has 1 nitrogen and oxygen atoms in total. The summed E-state index contributed by atoms with van der Waals surface area (Å²) in [7, 11) is 2.06. The summed E-state index contributed by atoms with van der Waals surface area (Å²) in [5, 5.41) is 3.36. The van der Waals surface area contributed by atoms with Gasteiger partial charge in [-0.25, -0.2) is 0 Å². The molecule has 0 aliphatic rings. The lowest BCUT2D eigenvalue weighted by Gasteiger charge is -2.13. The molecule has 1 unspecified atom stereocenters. The zero-order chi connectivity index (χ0) is 10.1. The van der Waals surface area contributed by atoms with Crippen LogP contribution in [0.3, 0.4) is 0 Å². The van der Waals surface area contributed by atoms with Crippen LogP contribution in [0.15, 0.2) is 11.6 Å². The van der Waals surface area contributed by atoms with E-state index < -0.39 is 0 Å². The molecule has 0 aromatic rings. The first-order valence-corrected chi connectivity index (χ1v) is 6.66. The van der Waals surface area contributed by atoms with Crippen molar-refractivity contribution in [3.63, 3.8) is 0 Å². The van der Waals surface area contributed by atoms with Crippen molar-refractivity contribution < 1.29 is 0 Å². The van der Waals surface area contributed by atoms with Gasteiger partial charge in [-0.3, -0.25) is 0 Å². The Hall–Kier alpha value is 0.430. The molecule has 0 rings (SSSR count). The average molecular weight is 295 g/mol. The van der Waals surface area contributed by atoms with E-state index >= 15 is 0 Å². The van der Waals surface area contributed by atoms with E-state index in [4.69, 9.17) is 0 Å². The molecule has 13 heavy (non-hydrogen) atoms. The van der Waals surface area contributed by atoms with Crippen LogP contribution in [-0.4, -0.2) is 17.5 Å². The van der Waals surface area contributed by atoms with Crippen molar-refractivity contribution in [2.75, 3.05) is 11.5 Å². The Labute approximate surface area is 96.5 Å². The minimum atomic E-state index is 0.706. The van der Waals surface area contributed by atoms with Crippen molar-refractivity contribution >= 4 is 22.6 Å². The molecule has 0 saturated carbocycles. The van der Waals surface area contributed by atoms with E-state index in [1.807, 2.05) is 0 Å². The lowest BCUT2D eigenvalue weighted by atomic mass is 10.1. The zero-order valence-corrected chi connectivity index (χ0v) is 11.2. The van der Waals surface area contributed by atoms with Gasteiger partial charge in [0, 0.05) is 10.5 Å². The van der Waals surface area contributed by atoms with Gasteiger partial charge in [0.1, 0.15) is 0 Å². The van der Waals surface area contributed by atoms with Crippen molar-refractivity contribution in [2.24, 2.45) is 0 Å². The van der Waals surface area contributed by atoms with Crippen LogP contribution in [-0.2, 0) is 0 Å². The van der Waals surface area contributed by atoms with E-state index in [1.165, 1.54) is 35.7 Å². The lowest BCUT2D eigenvalue weighted by molar-refractivity contribution is 0.518. The monoisotopic (exact) mass is 295 g/mol. The smallest absolute Gasteiger partial charge is 0.00743 e. The third-order valence-electron chi connectivity index (χ3n) is 2.43. The molecular weight excluding hydrogens is 273 g/mol. The van der Waals surface area contributed by atoms with Gasteiger partial charge in [-0.2, -0.15) is 0 Å². The standard InChI is InChI=1S/C11H22IN/c1-4-10(2)6-5-7-11(13-3)8-9-12/h6,11,13H,4-5,7-9H2,1-3H3/b10-6-. The summed E-state index contributed by atoms with van der Waals surface area (Å²) in [5.41, 5.74) is 1.52. The third-order valence-corrected chi connectivity index (χ3v) is 3.05. The number of halogens is 1. The first kappa shape index (κ1) is 13.4. The largest absolute Gasteiger partial charge is 0.317 e. The maximum Gasteiger partial charge on any atom is 0.00743 e. The number of hydrogen-bond acceptors (Lipinski definition) is 1. The third kappa shape index (κ3) is 7.50. The van der Waals surface area contributed by atoms with Gasteiger partial charge in [-0.05, 0) is 39.7 Å². The van der Waals surface area contributed by atoms with E-state index in [0.717, 1.165) is 0 Å². The molecule has 2 heteroatoms. The summed E-state index contributed by atoms with van der Waals surface area (Å²) < 4.78 is 1.25. The molecule has 0 aromatic carbocycles. The van der Waals surface area contributed by atoms with Crippen molar-refractivity contribution in [1.29, 1.82) is 0 Å². The molecule has 78 valence electrons. The van der Waals surface area contributed by atoms with Crippen LogP contribution < -0.4 is 5.32 Å². The lowest BCUT2D eigenvalue weighted by Crippen LogP contribution is -2.25. The minimum absolute atomic E-state index is 0.706. The Balaban J connectivity index is 3.59. The summed E-state index contributed by atoms with van der Waals surface area (Å²) in [6.45, 7) is 4.43. The van der Waals surface area contributed by atoms with Gasteiger partial charge < -0.3 is 5.32 Å².